The van der Waals surface area contributed by atoms with Crippen LogP contribution in [-0.2, 0) is 36.3 Å². The fourth-order valence-electron chi connectivity index (χ4n) is 11.5. The molecule has 0 spiro atoms. The van der Waals surface area contributed by atoms with Gasteiger partial charge in [-0.2, -0.15) is 21.6 Å². The number of carbonyl (C=O) groups excluding carboxylic acids is 1. The molecule has 104 heavy (non-hydrogen) atoms. The predicted molar refractivity (Wildman–Crippen MR) is 391 cm³/mol. The molecule has 548 valence electrons. The van der Waals surface area contributed by atoms with E-state index in [0.717, 1.165) is 93.6 Å². The van der Waals surface area contributed by atoms with Crippen LogP contribution in [0, 0.1) is 29.1 Å². The van der Waals surface area contributed by atoms with E-state index < -0.39 is 64.3 Å². The van der Waals surface area contributed by atoms with Gasteiger partial charge in [-0.05, 0) is 237 Å². The lowest BCUT2D eigenvalue weighted by molar-refractivity contribution is -0.137. The average molecular weight is 1490 g/mol. The van der Waals surface area contributed by atoms with Crippen LogP contribution < -0.4 is 28.9 Å². The first-order chi connectivity index (χ1) is 48.8. The minimum atomic E-state index is -4.70. The number of nitrogens with one attached hydrogen (secondary N) is 2. The van der Waals surface area contributed by atoms with Crippen LogP contribution in [0.1, 0.15) is 70.3 Å². The Bertz CT molecular complexity index is 5510. The molecule has 4 aromatic heterocycles. The second-order valence-electron chi connectivity index (χ2n) is 25.6. The second kappa shape index (κ2) is 30.2. The molecule has 0 bridgehead atoms. The van der Waals surface area contributed by atoms with Gasteiger partial charge in [0.2, 0.25) is 20.0 Å². The molecule has 13 rings (SSSR count). The topological polar surface area (TPSA) is 202 Å². The monoisotopic (exact) mass is 1490 g/mol. The summed E-state index contributed by atoms with van der Waals surface area (Å²) in [5.41, 5.74) is 5.09. The van der Waals surface area contributed by atoms with Crippen LogP contribution in [0.25, 0.3) is 66.4 Å². The van der Waals surface area contributed by atoms with E-state index in [1.54, 1.807) is 97.3 Å². The summed E-state index contributed by atoms with van der Waals surface area (Å²) in [4.78, 5) is 17.8. The Hall–Kier alpha value is -10.2. The van der Waals surface area contributed by atoms with Gasteiger partial charge in [0.25, 0.3) is 16.0 Å². The summed E-state index contributed by atoms with van der Waals surface area (Å²) in [5.74, 6) is -0.247. The first kappa shape index (κ1) is 76.4. The van der Waals surface area contributed by atoms with Crippen molar-refractivity contribution in [3.05, 3.63) is 228 Å². The SMILES string of the molecule is CC(C)N(C)c1cc2cc(C(=O)NS(C)(=O)=O)ccc2n1-c1ccc(F)cc1.CC(C)Oc1cc2cc(S(=O)(=O)O)c(F)cc2n1-c1ccc(F)cc1.CN(c1cc2cc(C(F)(F)F)ccc2n1-c1ccc(F)cc1)C1CC1.CNS(=O)(=O)c1ccc2c(c1)cc(N(C)C(C)C)n2-c1ccc(F)cc1. The van der Waals surface area contributed by atoms with Gasteiger partial charge in [-0.15, -0.1) is 0 Å². The highest BCUT2D eigenvalue weighted by Gasteiger charge is 2.33. The Morgan fingerprint density at radius 2 is 0.913 bits per heavy atom. The Morgan fingerprint density at radius 1 is 0.510 bits per heavy atom. The highest BCUT2D eigenvalue weighted by molar-refractivity contribution is 7.89. The number of ether oxygens (including phenoxy) is 1. The minimum Gasteiger partial charge on any atom is -0.476 e. The smallest absolute Gasteiger partial charge is 0.416 e. The number of carbonyl (C=O) groups is 1. The van der Waals surface area contributed by atoms with Crippen molar-refractivity contribution in [3.8, 4) is 28.6 Å². The molecule has 0 radical (unpaired) electrons. The van der Waals surface area contributed by atoms with Crippen molar-refractivity contribution in [2.45, 2.75) is 94.6 Å². The summed E-state index contributed by atoms with van der Waals surface area (Å²) in [7, 11) is -4.61. The number of aromatic nitrogens is 4. The number of amides is 1. The number of halogens is 8. The molecule has 29 heteroatoms. The van der Waals surface area contributed by atoms with E-state index in [9.17, 15) is 65.2 Å². The number of nitrogens with zero attached hydrogens (tertiary/aromatic N) is 7. The van der Waals surface area contributed by atoms with Crippen LogP contribution in [0.15, 0.2) is 198 Å². The Kier molecular flexibility index (Phi) is 22.2. The van der Waals surface area contributed by atoms with E-state index in [2.05, 4.69) is 47.1 Å². The van der Waals surface area contributed by atoms with E-state index in [1.807, 2.05) is 51.7 Å². The second-order valence-corrected chi connectivity index (χ2v) is 30.7. The van der Waals surface area contributed by atoms with Gasteiger partial charge >= 0.3 is 6.18 Å². The molecule has 1 fully saturated rings. The summed E-state index contributed by atoms with van der Waals surface area (Å²) >= 11 is 0. The summed E-state index contributed by atoms with van der Waals surface area (Å²) in [6, 6.07) is 47.7. The fraction of sp³-hybridized carbons (Fsp3) is 0.240. The molecule has 18 nitrogen and oxygen atoms in total. The molecule has 1 aliphatic rings. The van der Waals surface area contributed by atoms with Crippen molar-refractivity contribution in [2.75, 3.05) is 49.1 Å². The molecular formula is C75H75F8N9O9S3. The molecule has 8 aromatic carbocycles. The van der Waals surface area contributed by atoms with Gasteiger partial charge in [0.15, 0.2) is 5.88 Å². The van der Waals surface area contributed by atoms with Crippen LogP contribution in [0.4, 0.5) is 52.6 Å². The maximum atomic E-state index is 14.2. The summed E-state index contributed by atoms with van der Waals surface area (Å²) < 4.78 is 203. The molecule has 12 aromatic rings. The molecular weight excluding hydrogens is 1420 g/mol. The van der Waals surface area contributed by atoms with E-state index in [-0.39, 0.29) is 46.1 Å². The lowest BCUT2D eigenvalue weighted by Crippen LogP contribution is -2.29. The lowest BCUT2D eigenvalue weighted by atomic mass is 10.1. The van der Waals surface area contributed by atoms with Gasteiger partial charge < -0.3 is 19.4 Å². The molecule has 0 saturated heterocycles. The van der Waals surface area contributed by atoms with Crippen molar-refractivity contribution >= 4 is 97.1 Å². The molecule has 3 N–H and O–H groups in total. The normalized spacial score (nSPS) is 12.7. The predicted octanol–water partition coefficient (Wildman–Crippen LogP) is 16.2. The highest BCUT2D eigenvalue weighted by atomic mass is 32.2. The summed E-state index contributed by atoms with van der Waals surface area (Å²) in [5, 5.41) is 2.44. The van der Waals surface area contributed by atoms with Gasteiger partial charge in [0, 0.05) is 101 Å². The van der Waals surface area contributed by atoms with Crippen molar-refractivity contribution in [1.29, 1.82) is 0 Å². The van der Waals surface area contributed by atoms with Gasteiger partial charge in [-0.1, -0.05) is 0 Å². The van der Waals surface area contributed by atoms with E-state index in [0.29, 0.717) is 39.4 Å². The largest absolute Gasteiger partial charge is 0.476 e. The number of anilines is 3. The third-order valence-corrected chi connectivity index (χ3v) is 20.1. The van der Waals surface area contributed by atoms with Crippen molar-refractivity contribution in [1.82, 2.24) is 27.7 Å². The van der Waals surface area contributed by atoms with Crippen molar-refractivity contribution in [3.63, 3.8) is 0 Å². The average Bonchev–Trinajstić information content (AvgIpc) is 1.64. The summed E-state index contributed by atoms with van der Waals surface area (Å²) in [6.07, 6.45) is -1.52. The molecule has 1 saturated carbocycles. The third-order valence-electron chi connectivity index (χ3n) is 17.3. The lowest BCUT2D eigenvalue weighted by Gasteiger charge is -2.25. The number of hydrogen-bond donors (Lipinski definition) is 3. The zero-order valence-corrected chi connectivity index (χ0v) is 60.7. The highest BCUT2D eigenvalue weighted by Crippen LogP contribution is 2.40. The maximum Gasteiger partial charge on any atom is 0.416 e. The van der Waals surface area contributed by atoms with Gasteiger partial charge in [-0.25, -0.2) is 48.2 Å². The quantitative estimate of drug-likeness (QED) is 0.0576. The maximum absolute atomic E-state index is 14.2. The van der Waals surface area contributed by atoms with E-state index >= 15 is 0 Å². The van der Waals surface area contributed by atoms with Gasteiger partial charge in [0.1, 0.15) is 51.4 Å². The minimum absolute atomic E-state index is 0.200. The van der Waals surface area contributed by atoms with Crippen LogP contribution in [0.3, 0.4) is 0 Å². The number of alkyl halides is 3. The zero-order valence-electron chi connectivity index (χ0n) is 58.2. The zero-order chi connectivity index (χ0) is 75.8. The number of sulfonamides is 2. The van der Waals surface area contributed by atoms with E-state index in [4.69, 9.17) is 9.29 Å². The standard InChI is InChI=1S/C20H22FN3O3S.C19H16F4N2.C19H22FN3O2S.C17H15F2NO4S/c1-13(2)23(3)19-12-15-11-14(20(25)22-28(4,26)27)5-10-18(15)24(19)17-8-6-16(21)7-9-17;1-24(15-7-8-15)18-11-12-10-13(19(21,22)23)2-9-17(12)25(18)16-5-3-14(20)4-6-16;1-13(2)22(4)19-12-14-11-17(26(24,25)21-3)9-10-18(14)23(19)16-7-5-15(20)6-8-16;1-10(2)24-17-8-11-7-16(25(21,22)23)14(19)9-15(11)20(17)13-5-3-12(18)4-6-13/h5-13H,1-4H3,(H,22,25);2-6,9-11,15H,7-8H2,1H3;5-13,21H,1-4H3;3-10H,1-2H3,(H,21,22,23). The third kappa shape index (κ3) is 17.2. The first-order valence-electron chi connectivity index (χ1n) is 32.5. The first-order valence-corrected chi connectivity index (χ1v) is 37.3. The molecule has 1 aliphatic carbocycles. The number of hydrogen-bond acceptors (Lipinski definition) is 11. The van der Waals surface area contributed by atoms with Crippen LogP contribution >= 0.6 is 0 Å². The molecule has 1 amide bonds. The molecule has 0 unspecified atom stereocenters. The molecule has 4 heterocycles. The van der Waals surface area contributed by atoms with Gasteiger partial charge in [0.05, 0.1) is 44.9 Å². The Balaban J connectivity index is 0.000000149. The van der Waals surface area contributed by atoms with Crippen molar-refractivity contribution < 1.29 is 74.5 Å². The fourth-order valence-corrected chi connectivity index (χ4v) is 13.3. The molecule has 0 aliphatic heterocycles. The van der Waals surface area contributed by atoms with E-state index in [1.165, 1.54) is 85.9 Å². The van der Waals surface area contributed by atoms with Crippen LogP contribution in [0.2, 0.25) is 0 Å². The number of rotatable bonds is 17. The van der Waals surface area contributed by atoms with Gasteiger partial charge in [-0.3, -0.25) is 27.6 Å². The van der Waals surface area contributed by atoms with Crippen molar-refractivity contribution in [2.24, 2.45) is 0 Å². The summed E-state index contributed by atoms with van der Waals surface area (Å²) in [6.45, 7) is 11.9. The Morgan fingerprint density at radius 3 is 1.33 bits per heavy atom. The number of benzene rings is 8. The number of fused-ring (bicyclic) bond motifs is 4. The van der Waals surface area contributed by atoms with Crippen LogP contribution in [0.5, 0.6) is 5.88 Å². The molecule has 0 atom stereocenters. The Labute approximate surface area is 596 Å². The van der Waals surface area contributed by atoms with Crippen LogP contribution in [-0.4, -0.2) is 113 Å².